The molecule has 0 radical (unpaired) electrons. The van der Waals surface area contributed by atoms with Crippen molar-refractivity contribution in [3.8, 4) is 0 Å². The van der Waals surface area contributed by atoms with Gasteiger partial charge in [-0.15, -0.1) is 5.10 Å². The first-order chi connectivity index (χ1) is 7.97. The maximum atomic E-state index is 12.6. The van der Waals surface area contributed by atoms with Gasteiger partial charge in [-0.05, 0) is 19.1 Å². The first-order valence-corrected chi connectivity index (χ1v) is 5.32. The molecule has 7 heteroatoms. The first kappa shape index (κ1) is 12.1. The van der Waals surface area contributed by atoms with Crippen molar-refractivity contribution in [2.45, 2.75) is 19.1 Å². The number of rotatable bonds is 1. The molecule has 1 N–H and O–H groups in total. The van der Waals surface area contributed by atoms with Crippen LogP contribution in [-0.4, -0.2) is 42.0 Å². The van der Waals surface area contributed by atoms with Crippen LogP contribution in [0.5, 0.6) is 0 Å². The Morgan fingerprint density at radius 3 is 2.71 bits per heavy atom. The van der Waals surface area contributed by atoms with Gasteiger partial charge in [-0.2, -0.15) is 18.3 Å². The Morgan fingerprint density at radius 2 is 2.12 bits per heavy atom. The van der Waals surface area contributed by atoms with E-state index in [1.807, 2.05) is 0 Å². The van der Waals surface area contributed by atoms with Gasteiger partial charge < -0.3 is 10.2 Å². The van der Waals surface area contributed by atoms with E-state index in [0.29, 0.717) is 18.9 Å². The SMILES string of the molecule is Cc1ccc(N2CCN[C@@H](C(F)(F)F)C2)nn1. The minimum atomic E-state index is -4.23. The van der Waals surface area contributed by atoms with Crippen molar-refractivity contribution in [1.29, 1.82) is 0 Å². The lowest BCUT2D eigenvalue weighted by Gasteiger charge is -2.35. The number of hydrogen-bond acceptors (Lipinski definition) is 4. The Kier molecular flexibility index (Phi) is 3.19. The predicted octanol–water partition coefficient (Wildman–Crippen LogP) is 1.13. The Bertz CT molecular complexity index is 376. The summed E-state index contributed by atoms with van der Waals surface area (Å²) in [6.07, 6.45) is -4.23. The second-order valence-electron chi connectivity index (χ2n) is 4.03. The number of hydrogen-bond donors (Lipinski definition) is 1. The molecule has 1 fully saturated rings. The van der Waals surface area contributed by atoms with Crippen LogP contribution in [0.15, 0.2) is 12.1 Å². The summed E-state index contributed by atoms with van der Waals surface area (Å²) in [4.78, 5) is 1.60. The molecule has 0 amide bonds. The third kappa shape index (κ3) is 2.85. The molecule has 1 aliphatic rings. The highest BCUT2D eigenvalue weighted by Gasteiger charge is 2.42. The second-order valence-corrected chi connectivity index (χ2v) is 4.03. The van der Waals surface area contributed by atoms with E-state index in [2.05, 4.69) is 15.5 Å². The predicted molar refractivity (Wildman–Crippen MR) is 56.8 cm³/mol. The molecule has 1 aliphatic heterocycles. The van der Waals surface area contributed by atoms with Gasteiger partial charge >= 0.3 is 6.18 Å². The first-order valence-electron chi connectivity index (χ1n) is 5.32. The van der Waals surface area contributed by atoms with E-state index in [-0.39, 0.29) is 6.54 Å². The number of halogens is 3. The fourth-order valence-corrected chi connectivity index (χ4v) is 1.74. The van der Waals surface area contributed by atoms with Crippen molar-refractivity contribution < 1.29 is 13.2 Å². The Hall–Kier alpha value is -1.37. The fourth-order valence-electron chi connectivity index (χ4n) is 1.74. The van der Waals surface area contributed by atoms with Crippen LogP contribution >= 0.6 is 0 Å². The molecule has 0 spiro atoms. The summed E-state index contributed by atoms with van der Waals surface area (Å²) in [7, 11) is 0. The molecule has 0 aliphatic carbocycles. The van der Waals surface area contributed by atoms with Crippen molar-refractivity contribution in [1.82, 2.24) is 15.5 Å². The molecule has 4 nitrogen and oxygen atoms in total. The molecule has 1 saturated heterocycles. The highest BCUT2D eigenvalue weighted by atomic mass is 19.4. The van der Waals surface area contributed by atoms with E-state index in [9.17, 15) is 13.2 Å². The van der Waals surface area contributed by atoms with E-state index >= 15 is 0 Å². The molecule has 94 valence electrons. The Labute approximate surface area is 96.8 Å². The highest BCUT2D eigenvalue weighted by Crippen LogP contribution is 2.24. The van der Waals surface area contributed by atoms with Crippen LogP contribution in [0.1, 0.15) is 5.69 Å². The average molecular weight is 246 g/mol. The summed E-state index contributed by atoms with van der Waals surface area (Å²) >= 11 is 0. The smallest absolute Gasteiger partial charge is 0.352 e. The molecular weight excluding hydrogens is 233 g/mol. The standard InChI is InChI=1S/C10H13F3N4/c1-7-2-3-9(16-15-7)17-5-4-14-8(6-17)10(11,12)13/h2-3,8,14H,4-6H2,1H3/t8-/m1/s1. The van der Waals surface area contributed by atoms with Crippen molar-refractivity contribution in [2.24, 2.45) is 0 Å². The fraction of sp³-hybridized carbons (Fsp3) is 0.600. The molecule has 2 rings (SSSR count). The van der Waals surface area contributed by atoms with Crippen LogP contribution in [0, 0.1) is 6.92 Å². The lowest BCUT2D eigenvalue weighted by atomic mass is 10.2. The topological polar surface area (TPSA) is 41.0 Å². The number of anilines is 1. The van der Waals surface area contributed by atoms with Crippen LogP contribution in [-0.2, 0) is 0 Å². The van der Waals surface area contributed by atoms with Crippen LogP contribution in [0.2, 0.25) is 0 Å². The maximum Gasteiger partial charge on any atom is 0.405 e. The summed E-state index contributed by atoms with van der Waals surface area (Å²) in [6, 6.07) is 1.94. The molecule has 1 aromatic rings. The number of aromatic nitrogens is 2. The van der Waals surface area contributed by atoms with Gasteiger partial charge in [-0.25, -0.2) is 0 Å². The minimum Gasteiger partial charge on any atom is -0.352 e. The normalized spacial score (nSPS) is 21.6. The number of nitrogens with one attached hydrogen (secondary N) is 1. The largest absolute Gasteiger partial charge is 0.405 e. The van der Waals surface area contributed by atoms with Crippen molar-refractivity contribution in [3.05, 3.63) is 17.8 Å². The van der Waals surface area contributed by atoms with Gasteiger partial charge in [-0.1, -0.05) is 0 Å². The van der Waals surface area contributed by atoms with E-state index in [1.54, 1.807) is 24.0 Å². The van der Waals surface area contributed by atoms with Crippen LogP contribution < -0.4 is 10.2 Å². The van der Waals surface area contributed by atoms with Gasteiger partial charge in [0, 0.05) is 19.6 Å². The molecule has 0 unspecified atom stereocenters. The van der Waals surface area contributed by atoms with Crippen molar-refractivity contribution in [3.63, 3.8) is 0 Å². The molecule has 0 saturated carbocycles. The van der Waals surface area contributed by atoms with Gasteiger partial charge in [0.2, 0.25) is 0 Å². The number of piperazine rings is 1. The Morgan fingerprint density at radius 1 is 1.35 bits per heavy atom. The third-order valence-corrected chi connectivity index (χ3v) is 2.68. The zero-order valence-corrected chi connectivity index (χ0v) is 9.33. The lowest BCUT2D eigenvalue weighted by molar-refractivity contribution is -0.155. The van der Waals surface area contributed by atoms with Crippen LogP contribution in [0.25, 0.3) is 0 Å². The van der Waals surface area contributed by atoms with E-state index in [0.717, 1.165) is 5.69 Å². The Balaban J connectivity index is 2.09. The molecule has 2 heterocycles. The molecule has 1 aromatic heterocycles. The maximum absolute atomic E-state index is 12.6. The lowest BCUT2D eigenvalue weighted by Crippen LogP contribution is -2.57. The second kappa shape index (κ2) is 4.48. The van der Waals surface area contributed by atoms with E-state index in [4.69, 9.17) is 0 Å². The third-order valence-electron chi connectivity index (χ3n) is 2.68. The summed E-state index contributed by atoms with van der Waals surface area (Å²) in [5.41, 5.74) is 0.747. The van der Waals surface area contributed by atoms with Crippen LogP contribution in [0.4, 0.5) is 19.0 Å². The van der Waals surface area contributed by atoms with Crippen molar-refractivity contribution >= 4 is 5.82 Å². The number of alkyl halides is 3. The van der Waals surface area contributed by atoms with Crippen LogP contribution in [0.3, 0.4) is 0 Å². The summed E-state index contributed by atoms with van der Waals surface area (Å²) in [5.74, 6) is 0.492. The summed E-state index contributed by atoms with van der Waals surface area (Å²) in [6.45, 7) is 2.46. The van der Waals surface area contributed by atoms with Crippen molar-refractivity contribution in [2.75, 3.05) is 24.5 Å². The average Bonchev–Trinajstić information content (AvgIpc) is 2.29. The van der Waals surface area contributed by atoms with Gasteiger partial charge in [0.15, 0.2) is 5.82 Å². The number of nitrogens with zero attached hydrogens (tertiary/aromatic N) is 3. The van der Waals surface area contributed by atoms with Gasteiger partial charge in [0.1, 0.15) is 6.04 Å². The molecule has 1 atom stereocenters. The zero-order valence-electron chi connectivity index (χ0n) is 9.33. The van der Waals surface area contributed by atoms with Gasteiger partial charge in [0.25, 0.3) is 0 Å². The summed E-state index contributed by atoms with van der Waals surface area (Å²) < 4.78 is 37.7. The highest BCUT2D eigenvalue weighted by molar-refractivity contribution is 5.38. The minimum absolute atomic E-state index is 0.124. The van der Waals surface area contributed by atoms with Gasteiger partial charge in [-0.3, -0.25) is 0 Å². The monoisotopic (exact) mass is 246 g/mol. The quantitative estimate of drug-likeness (QED) is 0.806. The molecule has 17 heavy (non-hydrogen) atoms. The molecule has 0 bridgehead atoms. The molecule has 0 aromatic carbocycles. The number of aryl methyl sites for hydroxylation is 1. The van der Waals surface area contributed by atoms with E-state index in [1.165, 1.54) is 0 Å². The summed E-state index contributed by atoms with van der Waals surface area (Å²) in [5, 5.41) is 10.2. The molecular formula is C10H13F3N4. The zero-order chi connectivity index (χ0) is 12.5. The van der Waals surface area contributed by atoms with Gasteiger partial charge in [0.05, 0.1) is 5.69 Å². The van der Waals surface area contributed by atoms with E-state index < -0.39 is 12.2 Å².